The van der Waals surface area contributed by atoms with Gasteiger partial charge in [0.25, 0.3) is 0 Å². The monoisotopic (exact) mass is 891 g/mol. The number of rotatable bonds is 31. The maximum atomic E-state index is 15.3. The van der Waals surface area contributed by atoms with Crippen molar-refractivity contribution in [3.05, 3.63) is 54.6 Å². The Labute approximate surface area is 390 Å². The molecule has 5 unspecified atom stereocenters. The molecule has 0 aliphatic rings. The standard InChI is InChI=1S/C56H90O8/c1-15-21-35-53(11,12)45(50(58)61-39-34-47(57)64-46-33-29-28-32-44(46)43-30-26-25-27-31-43)40-55(19-5,37-23-17-3)56(20-6,38-24-18-4)49(52(60)63-42(9)10)48(51(59)62-41(7)8)54(13,14)36-22-16-2/h25-33,41-42,45,48-49H,15-24,34-40H2,1-14H3. The van der Waals surface area contributed by atoms with E-state index in [0.29, 0.717) is 31.4 Å². The molecule has 0 aromatic heterocycles. The van der Waals surface area contributed by atoms with Gasteiger partial charge in [0.1, 0.15) is 12.4 Å². The number of carbonyl (C=O) groups excluding carboxylic acids is 4. The van der Waals surface area contributed by atoms with Crippen LogP contribution in [-0.4, -0.2) is 42.7 Å². The van der Waals surface area contributed by atoms with Gasteiger partial charge in [-0.3, -0.25) is 19.2 Å². The summed E-state index contributed by atoms with van der Waals surface area (Å²) in [6.45, 7) is 29.1. The van der Waals surface area contributed by atoms with Gasteiger partial charge in [-0.25, -0.2) is 0 Å². The molecule has 0 N–H and O–H groups in total. The van der Waals surface area contributed by atoms with Crippen molar-refractivity contribution in [3.8, 4) is 16.9 Å². The summed E-state index contributed by atoms with van der Waals surface area (Å²) in [5.74, 6) is -3.25. The largest absolute Gasteiger partial charge is 0.465 e. The summed E-state index contributed by atoms with van der Waals surface area (Å²) >= 11 is 0. The lowest BCUT2D eigenvalue weighted by molar-refractivity contribution is -0.192. The third-order valence-corrected chi connectivity index (χ3v) is 14.2. The molecule has 64 heavy (non-hydrogen) atoms. The Morgan fingerprint density at radius 3 is 1.59 bits per heavy atom. The van der Waals surface area contributed by atoms with Crippen LogP contribution in [0.2, 0.25) is 0 Å². The van der Waals surface area contributed by atoms with Gasteiger partial charge >= 0.3 is 23.9 Å². The smallest absolute Gasteiger partial charge is 0.314 e. The number of esters is 4. The van der Waals surface area contributed by atoms with Crippen LogP contribution < -0.4 is 4.74 Å². The Hall–Kier alpha value is -3.68. The molecule has 0 amide bonds. The third kappa shape index (κ3) is 15.5. The van der Waals surface area contributed by atoms with Crippen LogP contribution >= 0.6 is 0 Å². The van der Waals surface area contributed by atoms with Crippen molar-refractivity contribution in [1.82, 2.24) is 0 Å². The van der Waals surface area contributed by atoms with Crippen molar-refractivity contribution in [2.24, 2.45) is 39.4 Å². The number of ether oxygens (including phenoxy) is 4. The van der Waals surface area contributed by atoms with Gasteiger partial charge < -0.3 is 18.9 Å². The molecule has 362 valence electrons. The van der Waals surface area contributed by atoms with Crippen molar-refractivity contribution in [2.75, 3.05) is 6.61 Å². The maximum absolute atomic E-state index is 15.3. The van der Waals surface area contributed by atoms with Crippen LogP contribution in [0.25, 0.3) is 11.1 Å². The van der Waals surface area contributed by atoms with E-state index in [0.717, 1.165) is 81.8 Å². The van der Waals surface area contributed by atoms with E-state index in [1.807, 2.05) is 76.2 Å². The number of carbonyl (C=O) groups is 4. The molecule has 0 spiro atoms. The van der Waals surface area contributed by atoms with E-state index in [1.165, 1.54) is 0 Å². The normalized spacial score (nSPS) is 15.4. The van der Waals surface area contributed by atoms with Crippen LogP contribution in [0.15, 0.2) is 54.6 Å². The fourth-order valence-corrected chi connectivity index (χ4v) is 10.5. The highest BCUT2D eigenvalue weighted by molar-refractivity contribution is 5.84. The van der Waals surface area contributed by atoms with Gasteiger partial charge in [-0.2, -0.15) is 0 Å². The minimum atomic E-state index is -0.828. The van der Waals surface area contributed by atoms with Gasteiger partial charge in [-0.05, 0) is 106 Å². The van der Waals surface area contributed by atoms with Gasteiger partial charge in [0.05, 0.1) is 36.4 Å². The molecule has 8 nitrogen and oxygen atoms in total. The van der Waals surface area contributed by atoms with E-state index >= 15 is 4.79 Å². The molecule has 0 bridgehead atoms. The second-order valence-electron chi connectivity index (χ2n) is 20.5. The number of hydrogen-bond donors (Lipinski definition) is 0. The fourth-order valence-electron chi connectivity index (χ4n) is 10.5. The van der Waals surface area contributed by atoms with Crippen molar-refractivity contribution < 1.29 is 38.1 Å². The molecule has 5 atom stereocenters. The zero-order valence-corrected chi connectivity index (χ0v) is 42.9. The summed E-state index contributed by atoms with van der Waals surface area (Å²) in [6, 6.07) is 17.2. The molecule has 0 aliphatic heterocycles. The minimum absolute atomic E-state index is 0.100. The van der Waals surface area contributed by atoms with Gasteiger partial charge in [0, 0.05) is 5.56 Å². The Morgan fingerprint density at radius 1 is 0.562 bits per heavy atom. The van der Waals surface area contributed by atoms with Gasteiger partial charge in [-0.1, -0.05) is 169 Å². The lowest BCUT2D eigenvalue weighted by atomic mass is 9.45. The van der Waals surface area contributed by atoms with Crippen molar-refractivity contribution in [2.45, 2.75) is 212 Å². The summed E-state index contributed by atoms with van der Waals surface area (Å²) in [5, 5.41) is 0. The Balaban J connectivity index is 2.85. The van der Waals surface area contributed by atoms with Gasteiger partial charge in [0.2, 0.25) is 0 Å². The van der Waals surface area contributed by atoms with E-state index in [1.54, 1.807) is 6.07 Å². The van der Waals surface area contributed by atoms with E-state index in [9.17, 15) is 14.4 Å². The molecule has 0 heterocycles. The van der Waals surface area contributed by atoms with Crippen molar-refractivity contribution in [3.63, 3.8) is 0 Å². The quantitative estimate of drug-likeness (QED) is 0.0419. The second kappa shape index (κ2) is 27.1. The van der Waals surface area contributed by atoms with Crippen LogP contribution in [-0.2, 0) is 33.4 Å². The molecule has 2 rings (SSSR count). The Bertz CT molecular complexity index is 1700. The molecule has 0 radical (unpaired) electrons. The van der Waals surface area contributed by atoms with E-state index in [-0.39, 0.29) is 37.0 Å². The first-order chi connectivity index (χ1) is 30.3. The predicted octanol–water partition coefficient (Wildman–Crippen LogP) is 14.9. The first-order valence-corrected chi connectivity index (χ1v) is 25.2. The Morgan fingerprint density at radius 2 is 1.06 bits per heavy atom. The maximum Gasteiger partial charge on any atom is 0.314 e. The van der Waals surface area contributed by atoms with Crippen LogP contribution in [0.1, 0.15) is 200 Å². The molecule has 0 fully saturated rings. The number of unbranched alkanes of at least 4 members (excludes halogenated alkanes) is 4. The summed E-state index contributed by atoms with van der Waals surface area (Å²) < 4.78 is 24.6. The van der Waals surface area contributed by atoms with Gasteiger partial charge in [-0.15, -0.1) is 0 Å². The average Bonchev–Trinajstić information content (AvgIpc) is 3.25. The summed E-state index contributed by atoms with van der Waals surface area (Å²) in [6.07, 6.45) is 11.3. The topological polar surface area (TPSA) is 105 Å². The molecule has 0 saturated carbocycles. The first-order valence-electron chi connectivity index (χ1n) is 25.2. The van der Waals surface area contributed by atoms with Gasteiger partial charge in [0.15, 0.2) is 0 Å². The average molecular weight is 891 g/mol. The van der Waals surface area contributed by atoms with Crippen LogP contribution in [0, 0.1) is 39.4 Å². The second-order valence-corrected chi connectivity index (χ2v) is 20.5. The van der Waals surface area contributed by atoms with Crippen molar-refractivity contribution in [1.29, 1.82) is 0 Å². The highest BCUT2D eigenvalue weighted by Crippen LogP contribution is 2.64. The first kappa shape index (κ1) is 56.4. The molecular weight excluding hydrogens is 801 g/mol. The number of hydrogen-bond acceptors (Lipinski definition) is 8. The lowest BCUT2D eigenvalue weighted by Crippen LogP contribution is -2.58. The zero-order valence-electron chi connectivity index (χ0n) is 42.9. The third-order valence-electron chi connectivity index (χ3n) is 14.2. The van der Waals surface area contributed by atoms with E-state index in [2.05, 4.69) is 69.2 Å². The summed E-state index contributed by atoms with van der Waals surface area (Å²) in [5.41, 5.74) is -0.680. The zero-order chi connectivity index (χ0) is 48.1. The molecule has 2 aromatic carbocycles. The Kier molecular flexibility index (Phi) is 23.9. The molecule has 0 saturated heterocycles. The summed E-state index contributed by atoms with van der Waals surface area (Å²) in [7, 11) is 0. The SMILES string of the molecule is CCCCC(C)(C)C(CC(CC)(CCCC)C(CC)(CCCC)C(C(=O)OC(C)C)C(C(=O)OC(C)C)C(C)(C)CCCC)C(=O)OCCC(=O)Oc1ccccc1-c1ccccc1. The summed E-state index contributed by atoms with van der Waals surface area (Å²) in [4.78, 5) is 58.6. The predicted molar refractivity (Wildman–Crippen MR) is 262 cm³/mol. The highest BCUT2D eigenvalue weighted by atomic mass is 16.6. The lowest BCUT2D eigenvalue weighted by Gasteiger charge is -2.58. The fraction of sp³-hybridized carbons (Fsp3) is 0.714. The molecule has 2 aromatic rings. The van der Waals surface area contributed by atoms with Crippen LogP contribution in [0.3, 0.4) is 0 Å². The van der Waals surface area contributed by atoms with E-state index < -0.39 is 51.5 Å². The van der Waals surface area contributed by atoms with E-state index in [4.69, 9.17) is 18.9 Å². The number of benzene rings is 2. The minimum Gasteiger partial charge on any atom is -0.465 e. The molecular formula is C56H90O8. The van der Waals surface area contributed by atoms with Crippen LogP contribution in [0.4, 0.5) is 0 Å². The molecule has 8 heteroatoms. The number of para-hydroxylation sites is 1. The molecule has 0 aliphatic carbocycles. The highest BCUT2D eigenvalue weighted by Gasteiger charge is 2.62. The van der Waals surface area contributed by atoms with Crippen LogP contribution in [0.5, 0.6) is 5.75 Å². The van der Waals surface area contributed by atoms with Crippen molar-refractivity contribution >= 4 is 23.9 Å².